The predicted molar refractivity (Wildman–Crippen MR) is 89.7 cm³/mol. The van der Waals surface area contributed by atoms with Crippen LogP contribution in [0.25, 0.3) is 0 Å². The fourth-order valence-corrected chi connectivity index (χ4v) is 3.93. The highest BCUT2D eigenvalue weighted by atomic mass is 16.5. The van der Waals surface area contributed by atoms with E-state index in [2.05, 4.69) is 24.1 Å². The van der Waals surface area contributed by atoms with E-state index >= 15 is 0 Å². The van der Waals surface area contributed by atoms with Crippen LogP contribution in [-0.2, 0) is 4.74 Å². The van der Waals surface area contributed by atoms with E-state index in [1.807, 2.05) is 0 Å². The van der Waals surface area contributed by atoms with Crippen molar-refractivity contribution in [2.75, 3.05) is 32.8 Å². The van der Waals surface area contributed by atoms with Crippen molar-refractivity contribution < 1.29 is 4.74 Å². The van der Waals surface area contributed by atoms with Crippen molar-refractivity contribution in [3.63, 3.8) is 0 Å². The van der Waals surface area contributed by atoms with Crippen molar-refractivity contribution in [2.45, 2.75) is 77.4 Å². The van der Waals surface area contributed by atoms with Gasteiger partial charge in [0.2, 0.25) is 0 Å². The Kier molecular flexibility index (Phi) is 8.05. The molecule has 2 atom stereocenters. The SMILES string of the molecule is CCCN1CCCC(C(C)NCCOC2CCCCC2)C1. The molecule has 2 aliphatic rings. The largest absolute Gasteiger partial charge is 0.377 e. The number of hydrogen-bond donors (Lipinski definition) is 1. The Morgan fingerprint density at radius 2 is 1.95 bits per heavy atom. The third-order valence-electron chi connectivity index (χ3n) is 5.26. The summed E-state index contributed by atoms with van der Waals surface area (Å²) in [4.78, 5) is 2.64. The first-order chi connectivity index (χ1) is 10.3. The molecule has 1 saturated heterocycles. The van der Waals surface area contributed by atoms with Gasteiger partial charge in [0.1, 0.15) is 0 Å². The lowest BCUT2D eigenvalue weighted by molar-refractivity contribution is 0.0281. The van der Waals surface area contributed by atoms with Gasteiger partial charge in [-0.05, 0) is 58.0 Å². The average molecular weight is 296 g/mol. The first-order valence-corrected chi connectivity index (χ1v) is 9.37. The number of nitrogens with zero attached hydrogens (tertiary/aromatic N) is 1. The van der Waals surface area contributed by atoms with Crippen molar-refractivity contribution in [1.29, 1.82) is 0 Å². The molecule has 2 unspecified atom stereocenters. The zero-order valence-corrected chi connectivity index (χ0v) is 14.3. The van der Waals surface area contributed by atoms with Gasteiger partial charge in [0.25, 0.3) is 0 Å². The van der Waals surface area contributed by atoms with Crippen LogP contribution in [0, 0.1) is 5.92 Å². The van der Waals surface area contributed by atoms with Crippen molar-refractivity contribution in [3.05, 3.63) is 0 Å². The van der Waals surface area contributed by atoms with Gasteiger partial charge in [-0.2, -0.15) is 0 Å². The zero-order valence-electron chi connectivity index (χ0n) is 14.3. The van der Waals surface area contributed by atoms with Crippen molar-refractivity contribution in [1.82, 2.24) is 10.2 Å². The Morgan fingerprint density at radius 1 is 1.14 bits per heavy atom. The molecule has 0 aromatic carbocycles. The second-order valence-corrected chi connectivity index (χ2v) is 7.08. The highest BCUT2D eigenvalue weighted by Gasteiger charge is 2.23. The summed E-state index contributed by atoms with van der Waals surface area (Å²) in [5.74, 6) is 0.819. The summed E-state index contributed by atoms with van der Waals surface area (Å²) in [7, 11) is 0. The highest BCUT2D eigenvalue weighted by molar-refractivity contribution is 4.80. The highest BCUT2D eigenvalue weighted by Crippen LogP contribution is 2.21. The molecule has 0 spiro atoms. The number of hydrogen-bond acceptors (Lipinski definition) is 3. The smallest absolute Gasteiger partial charge is 0.0594 e. The van der Waals surface area contributed by atoms with Crippen LogP contribution in [-0.4, -0.2) is 49.8 Å². The van der Waals surface area contributed by atoms with Gasteiger partial charge in [0.15, 0.2) is 0 Å². The number of likely N-dealkylation sites (tertiary alicyclic amines) is 1. The minimum atomic E-state index is 0.547. The van der Waals surface area contributed by atoms with Gasteiger partial charge in [-0.3, -0.25) is 0 Å². The number of piperidine rings is 1. The number of rotatable bonds is 8. The van der Waals surface area contributed by atoms with E-state index in [0.29, 0.717) is 12.1 Å². The van der Waals surface area contributed by atoms with Crippen LogP contribution in [0.4, 0.5) is 0 Å². The van der Waals surface area contributed by atoms with E-state index < -0.39 is 0 Å². The maximum Gasteiger partial charge on any atom is 0.0594 e. The molecule has 21 heavy (non-hydrogen) atoms. The second kappa shape index (κ2) is 9.81. The lowest BCUT2D eigenvalue weighted by atomic mass is 9.91. The van der Waals surface area contributed by atoms with Crippen LogP contribution in [0.1, 0.15) is 65.2 Å². The van der Waals surface area contributed by atoms with Gasteiger partial charge < -0.3 is 15.0 Å². The molecule has 0 aromatic heterocycles. The Bertz CT molecular complexity index is 264. The van der Waals surface area contributed by atoms with Gasteiger partial charge in [-0.15, -0.1) is 0 Å². The maximum atomic E-state index is 6.01. The first kappa shape index (κ1) is 17.2. The molecule has 1 heterocycles. The van der Waals surface area contributed by atoms with Gasteiger partial charge in [0.05, 0.1) is 12.7 Å². The molecule has 2 rings (SSSR count). The topological polar surface area (TPSA) is 24.5 Å². The Morgan fingerprint density at radius 3 is 2.71 bits per heavy atom. The molecule has 3 heteroatoms. The molecule has 0 bridgehead atoms. The minimum Gasteiger partial charge on any atom is -0.377 e. The summed E-state index contributed by atoms with van der Waals surface area (Å²) in [5, 5.41) is 3.70. The summed E-state index contributed by atoms with van der Waals surface area (Å²) in [6.07, 6.45) is 11.3. The molecular formula is C18H36N2O. The Labute approximate surface area is 131 Å². The molecule has 124 valence electrons. The van der Waals surface area contributed by atoms with Crippen LogP contribution < -0.4 is 5.32 Å². The predicted octanol–water partition coefficient (Wildman–Crippen LogP) is 3.44. The fraction of sp³-hybridized carbons (Fsp3) is 1.00. The molecule has 0 aromatic rings. The number of ether oxygens (including phenoxy) is 1. The van der Waals surface area contributed by atoms with E-state index in [4.69, 9.17) is 4.74 Å². The summed E-state index contributed by atoms with van der Waals surface area (Å²) >= 11 is 0. The maximum absolute atomic E-state index is 6.01. The summed E-state index contributed by atoms with van der Waals surface area (Å²) in [5.41, 5.74) is 0. The standard InChI is InChI=1S/C18H36N2O/c1-3-12-20-13-7-8-17(15-20)16(2)19-11-14-21-18-9-5-4-6-10-18/h16-19H,3-15H2,1-2H3. The molecule has 0 amide bonds. The van der Waals surface area contributed by atoms with Crippen LogP contribution >= 0.6 is 0 Å². The van der Waals surface area contributed by atoms with Crippen LogP contribution in [0.5, 0.6) is 0 Å². The molecule has 1 N–H and O–H groups in total. The monoisotopic (exact) mass is 296 g/mol. The van der Waals surface area contributed by atoms with Gasteiger partial charge in [-0.25, -0.2) is 0 Å². The van der Waals surface area contributed by atoms with Crippen LogP contribution in [0.3, 0.4) is 0 Å². The number of nitrogens with one attached hydrogen (secondary N) is 1. The van der Waals surface area contributed by atoms with E-state index in [9.17, 15) is 0 Å². The molecule has 3 nitrogen and oxygen atoms in total. The van der Waals surface area contributed by atoms with Crippen molar-refractivity contribution in [3.8, 4) is 0 Å². The van der Waals surface area contributed by atoms with E-state index in [-0.39, 0.29) is 0 Å². The van der Waals surface area contributed by atoms with Gasteiger partial charge >= 0.3 is 0 Å². The molecule has 0 radical (unpaired) electrons. The molecule has 1 aliphatic carbocycles. The summed E-state index contributed by atoms with van der Waals surface area (Å²) < 4.78 is 6.01. The third-order valence-corrected chi connectivity index (χ3v) is 5.26. The van der Waals surface area contributed by atoms with E-state index in [1.54, 1.807) is 0 Å². The van der Waals surface area contributed by atoms with E-state index in [1.165, 1.54) is 71.0 Å². The molecule has 2 fully saturated rings. The van der Waals surface area contributed by atoms with Gasteiger partial charge in [-0.1, -0.05) is 26.2 Å². The quantitative estimate of drug-likeness (QED) is 0.695. The summed E-state index contributed by atoms with van der Waals surface area (Å²) in [6.45, 7) is 10.4. The normalized spacial score (nSPS) is 26.9. The van der Waals surface area contributed by atoms with Crippen molar-refractivity contribution in [2.24, 2.45) is 5.92 Å². The molecule has 1 aliphatic heterocycles. The fourth-order valence-electron chi connectivity index (χ4n) is 3.93. The minimum absolute atomic E-state index is 0.547. The van der Waals surface area contributed by atoms with Crippen LogP contribution in [0.15, 0.2) is 0 Å². The molecular weight excluding hydrogens is 260 g/mol. The third kappa shape index (κ3) is 6.25. The Hall–Kier alpha value is -0.120. The lowest BCUT2D eigenvalue weighted by Crippen LogP contribution is -2.45. The Balaban J connectivity index is 1.56. The first-order valence-electron chi connectivity index (χ1n) is 9.37. The second-order valence-electron chi connectivity index (χ2n) is 7.08. The molecule has 1 saturated carbocycles. The van der Waals surface area contributed by atoms with Crippen molar-refractivity contribution >= 4 is 0 Å². The zero-order chi connectivity index (χ0) is 14.9. The lowest BCUT2D eigenvalue weighted by Gasteiger charge is -2.36. The van der Waals surface area contributed by atoms with Gasteiger partial charge in [0, 0.05) is 19.1 Å². The average Bonchev–Trinajstić information content (AvgIpc) is 2.53. The summed E-state index contributed by atoms with van der Waals surface area (Å²) in [6, 6.07) is 0.625. The van der Waals surface area contributed by atoms with E-state index in [0.717, 1.165) is 19.1 Å². The van der Waals surface area contributed by atoms with Crippen LogP contribution in [0.2, 0.25) is 0 Å².